The van der Waals surface area contributed by atoms with E-state index in [1.807, 2.05) is 17.5 Å². The monoisotopic (exact) mass is 380 g/mol. The Bertz CT molecular complexity index is 738. The number of hydrogen-bond donors (Lipinski definition) is 1. The van der Waals surface area contributed by atoms with Gasteiger partial charge in [-0.15, -0.1) is 11.3 Å². The van der Waals surface area contributed by atoms with E-state index in [4.69, 9.17) is 11.6 Å². The number of hydrogen-bond acceptors (Lipinski definition) is 3. The molecule has 1 aromatic carbocycles. The van der Waals surface area contributed by atoms with Crippen molar-refractivity contribution in [2.24, 2.45) is 0 Å². The Hall–Kier alpha value is -1.92. The van der Waals surface area contributed by atoms with Gasteiger partial charge in [0.2, 0.25) is 5.91 Å². The van der Waals surface area contributed by atoms with Crippen molar-refractivity contribution < 1.29 is 14.0 Å². The summed E-state index contributed by atoms with van der Waals surface area (Å²) in [6.45, 7) is 0.931. The summed E-state index contributed by atoms with van der Waals surface area (Å²) >= 11 is 7.52. The van der Waals surface area contributed by atoms with Gasteiger partial charge >= 0.3 is 0 Å². The molecule has 132 valence electrons. The lowest BCUT2D eigenvalue weighted by Crippen LogP contribution is -2.47. The Balaban J connectivity index is 1.53. The normalized spacial score (nSPS) is 15.2. The summed E-state index contributed by atoms with van der Waals surface area (Å²) in [5.74, 6) is -1.01. The first-order valence-electron chi connectivity index (χ1n) is 8.09. The van der Waals surface area contributed by atoms with Gasteiger partial charge in [-0.25, -0.2) is 4.39 Å². The lowest BCUT2D eigenvalue weighted by molar-refractivity contribution is -0.121. The number of piperidine rings is 1. The second-order valence-corrected chi connectivity index (χ2v) is 7.43. The Morgan fingerprint density at radius 2 is 2.00 bits per heavy atom. The van der Waals surface area contributed by atoms with E-state index in [0.717, 1.165) is 4.88 Å². The number of amides is 2. The molecule has 1 N–H and O–H groups in total. The van der Waals surface area contributed by atoms with Crippen molar-refractivity contribution in [2.45, 2.75) is 25.3 Å². The van der Waals surface area contributed by atoms with E-state index in [0.29, 0.717) is 32.4 Å². The molecule has 1 aliphatic heterocycles. The van der Waals surface area contributed by atoms with Crippen LogP contribution in [0.3, 0.4) is 0 Å². The number of nitrogens with one attached hydrogen (secondary N) is 1. The molecular weight excluding hydrogens is 363 g/mol. The number of thiophene rings is 1. The van der Waals surface area contributed by atoms with Crippen molar-refractivity contribution in [3.05, 3.63) is 57.0 Å². The van der Waals surface area contributed by atoms with Crippen molar-refractivity contribution in [1.82, 2.24) is 10.2 Å². The molecule has 1 fully saturated rings. The zero-order valence-electron chi connectivity index (χ0n) is 13.5. The summed E-state index contributed by atoms with van der Waals surface area (Å²) in [5.41, 5.74) is -0.0793. The highest BCUT2D eigenvalue weighted by molar-refractivity contribution is 7.10. The topological polar surface area (TPSA) is 49.4 Å². The Morgan fingerprint density at radius 1 is 1.24 bits per heavy atom. The molecule has 0 spiro atoms. The van der Waals surface area contributed by atoms with Crippen LogP contribution in [-0.4, -0.2) is 35.8 Å². The lowest BCUT2D eigenvalue weighted by atomic mass is 10.0. The van der Waals surface area contributed by atoms with Gasteiger partial charge in [0, 0.05) is 24.0 Å². The average molecular weight is 381 g/mol. The molecular formula is C18H18ClFN2O2S. The first-order valence-corrected chi connectivity index (χ1v) is 9.35. The Kier molecular flexibility index (Phi) is 5.71. The van der Waals surface area contributed by atoms with E-state index in [2.05, 4.69) is 5.32 Å². The van der Waals surface area contributed by atoms with E-state index in [1.54, 1.807) is 16.2 Å². The maximum absolute atomic E-state index is 13.9. The number of carbonyl (C=O) groups is 2. The van der Waals surface area contributed by atoms with Crippen LogP contribution in [0, 0.1) is 5.82 Å². The van der Waals surface area contributed by atoms with Crippen LogP contribution < -0.4 is 5.32 Å². The summed E-state index contributed by atoms with van der Waals surface area (Å²) < 4.78 is 13.9. The number of benzene rings is 1. The Labute approximate surface area is 154 Å². The molecule has 0 unspecified atom stereocenters. The highest BCUT2D eigenvalue weighted by Gasteiger charge is 2.27. The minimum absolute atomic E-state index is 0.00984. The highest BCUT2D eigenvalue weighted by Crippen LogP contribution is 2.23. The van der Waals surface area contributed by atoms with E-state index >= 15 is 0 Å². The second kappa shape index (κ2) is 7.97. The molecule has 4 nitrogen and oxygen atoms in total. The van der Waals surface area contributed by atoms with Gasteiger partial charge in [0.05, 0.1) is 17.0 Å². The average Bonchev–Trinajstić information content (AvgIpc) is 3.08. The van der Waals surface area contributed by atoms with Gasteiger partial charge in [-0.3, -0.25) is 9.59 Å². The molecule has 0 bridgehead atoms. The fourth-order valence-electron chi connectivity index (χ4n) is 2.94. The third kappa shape index (κ3) is 4.38. The van der Waals surface area contributed by atoms with Crippen LogP contribution in [0.4, 0.5) is 4.39 Å². The van der Waals surface area contributed by atoms with Crippen molar-refractivity contribution in [3.63, 3.8) is 0 Å². The first kappa shape index (κ1) is 17.9. The largest absolute Gasteiger partial charge is 0.353 e. The summed E-state index contributed by atoms with van der Waals surface area (Å²) in [7, 11) is 0. The standard InChI is InChI=1S/C18H18ClFN2O2S/c19-14-4-1-5-15(20)17(14)18(24)22-8-6-12(7-9-22)21-16(23)11-13-3-2-10-25-13/h1-5,10,12H,6-9,11H2,(H,21,23). The molecule has 7 heteroatoms. The summed E-state index contributed by atoms with van der Waals surface area (Å²) in [4.78, 5) is 27.2. The fourth-order valence-corrected chi connectivity index (χ4v) is 3.88. The van der Waals surface area contributed by atoms with E-state index in [9.17, 15) is 14.0 Å². The van der Waals surface area contributed by atoms with Gasteiger partial charge in [-0.1, -0.05) is 23.7 Å². The molecule has 1 aromatic heterocycles. The first-order chi connectivity index (χ1) is 12.0. The fraction of sp³-hybridized carbons (Fsp3) is 0.333. The molecule has 25 heavy (non-hydrogen) atoms. The third-order valence-electron chi connectivity index (χ3n) is 4.24. The highest BCUT2D eigenvalue weighted by atomic mass is 35.5. The van der Waals surface area contributed by atoms with Crippen molar-refractivity contribution in [2.75, 3.05) is 13.1 Å². The summed E-state index contributed by atoms with van der Waals surface area (Å²) in [6.07, 6.45) is 1.67. The maximum Gasteiger partial charge on any atom is 0.258 e. The lowest BCUT2D eigenvalue weighted by Gasteiger charge is -2.32. The van der Waals surface area contributed by atoms with Crippen LogP contribution in [0.25, 0.3) is 0 Å². The Morgan fingerprint density at radius 3 is 2.64 bits per heavy atom. The molecule has 0 radical (unpaired) electrons. The van der Waals surface area contributed by atoms with Crippen LogP contribution in [0.1, 0.15) is 28.1 Å². The van der Waals surface area contributed by atoms with Gasteiger partial charge < -0.3 is 10.2 Å². The van der Waals surface area contributed by atoms with Gasteiger partial charge in [0.1, 0.15) is 5.82 Å². The van der Waals surface area contributed by atoms with Gasteiger partial charge in [0.25, 0.3) is 5.91 Å². The predicted octanol–water partition coefficient (Wildman–Crippen LogP) is 3.50. The van der Waals surface area contributed by atoms with E-state index in [1.165, 1.54) is 18.2 Å². The van der Waals surface area contributed by atoms with Crippen molar-refractivity contribution >= 4 is 34.8 Å². The van der Waals surface area contributed by atoms with Crippen LogP contribution in [-0.2, 0) is 11.2 Å². The molecule has 0 saturated carbocycles. The summed E-state index contributed by atoms with van der Waals surface area (Å²) in [6, 6.07) is 8.11. The number of carbonyl (C=O) groups excluding carboxylic acids is 2. The van der Waals surface area contributed by atoms with Crippen LogP contribution in [0.5, 0.6) is 0 Å². The zero-order valence-corrected chi connectivity index (χ0v) is 15.1. The number of nitrogens with zero attached hydrogens (tertiary/aromatic N) is 1. The number of likely N-dealkylation sites (tertiary alicyclic amines) is 1. The molecule has 2 aromatic rings. The van der Waals surface area contributed by atoms with Gasteiger partial charge in [-0.05, 0) is 36.4 Å². The smallest absolute Gasteiger partial charge is 0.258 e. The van der Waals surface area contributed by atoms with Crippen LogP contribution in [0.2, 0.25) is 5.02 Å². The van der Waals surface area contributed by atoms with E-state index < -0.39 is 11.7 Å². The molecule has 2 heterocycles. The second-order valence-electron chi connectivity index (χ2n) is 5.99. The predicted molar refractivity (Wildman–Crippen MR) is 96.5 cm³/mol. The number of rotatable bonds is 4. The van der Waals surface area contributed by atoms with Crippen LogP contribution in [0.15, 0.2) is 35.7 Å². The zero-order chi connectivity index (χ0) is 17.8. The molecule has 1 saturated heterocycles. The number of halogens is 2. The maximum atomic E-state index is 13.9. The molecule has 2 amide bonds. The van der Waals surface area contributed by atoms with Crippen LogP contribution >= 0.6 is 22.9 Å². The molecule has 0 atom stereocenters. The van der Waals surface area contributed by atoms with Gasteiger partial charge in [-0.2, -0.15) is 0 Å². The molecule has 3 rings (SSSR count). The van der Waals surface area contributed by atoms with E-state index in [-0.39, 0.29) is 22.5 Å². The van der Waals surface area contributed by atoms with Crippen molar-refractivity contribution in [1.29, 1.82) is 0 Å². The summed E-state index contributed by atoms with van der Waals surface area (Å²) in [5, 5.41) is 5.08. The van der Waals surface area contributed by atoms with Gasteiger partial charge in [0.15, 0.2) is 0 Å². The SMILES string of the molecule is O=C(Cc1cccs1)NC1CCN(C(=O)c2c(F)cccc2Cl)CC1. The quantitative estimate of drug-likeness (QED) is 0.882. The molecule has 0 aliphatic carbocycles. The minimum atomic E-state index is -0.608. The molecule has 1 aliphatic rings. The third-order valence-corrected chi connectivity index (χ3v) is 5.43. The minimum Gasteiger partial charge on any atom is -0.353 e. The van der Waals surface area contributed by atoms with Crippen molar-refractivity contribution in [3.8, 4) is 0 Å².